The highest BCUT2D eigenvalue weighted by Gasteiger charge is 2.34. The Labute approximate surface area is 181 Å². The number of piperidine rings is 1. The van der Waals surface area contributed by atoms with Crippen LogP contribution in [0, 0.1) is 0 Å². The first-order valence-electron chi connectivity index (χ1n) is 10.6. The van der Waals surface area contributed by atoms with Crippen molar-refractivity contribution in [3.8, 4) is 11.3 Å². The maximum absolute atomic E-state index is 13.4. The van der Waals surface area contributed by atoms with Crippen molar-refractivity contribution in [3.63, 3.8) is 0 Å². The number of hydrogen-bond donors (Lipinski definition) is 3. The molecule has 2 aromatic rings. The molecule has 0 atom stereocenters. The van der Waals surface area contributed by atoms with Gasteiger partial charge in [0.25, 0.3) is 0 Å². The molecule has 1 aliphatic heterocycles. The minimum atomic E-state index is -0.333. The number of carbonyl (C=O) groups is 2. The van der Waals surface area contributed by atoms with E-state index in [1.807, 2.05) is 42.3 Å². The van der Waals surface area contributed by atoms with Crippen LogP contribution in [0.2, 0.25) is 0 Å². The van der Waals surface area contributed by atoms with Crippen molar-refractivity contribution in [2.45, 2.75) is 32.6 Å². The second-order valence-corrected chi connectivity index (χ2v) is 7.73. The zero-order chi connectivity index (χ0) is 21.8. The van der Waals surface area contributed by atoms with Gasteiger partial charge in [-0.1, -0.05) is 49.4 Å². The summed E-state index contributed by atoms with van der Waals surface area (Å²) in [5.74, 6) is -0.120. The summed E-state index contributed by atoms with van der Waals surface area (Å²) in [6.07, 6.45) is 11.4. The molecule has 1 aliphatic carbocycles. The molecule has 31 heavy (non-hydrogen) atoms. The van der Waals surface area contributed by atoms with E-state index >= 15 is 0 Å². The minimum absolute atomic E-state index is 0.120. The number of carbonyl (C=O) groups excluding carboxylic acids is 2. The second-order valence-electron chi connectivity index (χ2n) is 7.73. The third kappa shape index (κ3) is 4.22. The molecule has 2 heterocycles. The van der Waals surface area contributed by atoms with E-state index in [9.17, 15) is 9.59 Å². The Morgan fingerprint density at radius 3 is 2.81 bits per heavy atom. The number of rotatable bonds is 6. The number of nitrogens with one attached hydrogen (secondary N) is 3. The van der Waals surface area contributed by atoms with Gasteiger partial charge in [0.2, 0.25) is 0 Å². The topological polar surface area (TPSA) is 90.1 Å². The first-order valence-corrected chi connectivity index (χ1v) is 10.6. The normalized spacial score (nSPS) is 16.3. The van der Waals surface area contributed by atoms with Gasteiger partial charge in [0.05, 0.1) is 22.5 Å². The fourth-order valence-corrected chi connectivity index (χ4v) is 4.12. The van der Waals surface area contributed by atoms with Gasteiger partial charge in [0.1, 0.15) is 5.69 Å². The molecule has 1 saturated heterocycles. The standard InChI is InChI=1S/C24H27N5O2/c1-3-5-10-16(4-2)15-19-21-22(27-26-19)17-11-9-12-18(20(17)23(21)30)25-24(31)28-29-13-7-6-8-14-29/h3-5,9-12H,1,6-8,13-15H2,2H3,(H,26,27)(H2,25,28,31)/b10-5-,16-4+. The van der Waals surface area contributed by atoms with Crippen molar-refractivity contribution in [1.82, 2.24) is 20.6 Å². The number of fused-ring (bicyclic) bond motifs is 3. The fraction of sp³-hybridized carbons (Fsp3) is 0.292. The van der Waals surface area contributed by atoms with E-state index in [0.29, 0.717) is 28.9 Å². The Morgan fingerprint density at radius 1 is 1.26 bits per heavy atom. The number of allylic oxidation sites excluding steroid dienone is 5. The lowest BCUT2D eigenvalue weighted by Gasteiger charge is -2.26. The van der Waals surface area contributed by atoms with Crippen LogP contribution in [0.5, 0.6) is 0 Å². The number of ketones is 1. The molecule has 2 aliphatic rings. The molecule has 4 rings (SSSR count). The van der Waals surface area contributed by atoms with E-state index < -0.39 is 0 Å². The average Bonchev–Trinajstić information content (AvgIpc) is 3.32. The van der Waals surface area contributed by atoms with Gasteiger partial charge in [-0.15, -0.1) is 0 Å². The lowest BCUT2D eigenvalue weighted by Crippen LogP contribution is -2.46. The Hall–Kier alpha value is -3.45. The molecule has 1 aromatic carbocycles. The lowest BCUT2D eigenvalue weighted by atomic mass is 10.0. The van der Waals surface area contributed by atoms with Crippen LogP contribution < -0.4 is 10.7 Å². The molecule has 3 N–H and O–H groups in total. The number of aromatic amines is 1. The van der Waals surface area contributed by atoms with Gasteiger partial charge >= 0.3 is 6.03 Å². The largest absolute Gasteiger partial charge is 0.333 e. The molecule has 0 unspecified atom stereocenters. The molecule has 1 fully saturated rings. The summed E-state index contributed by atoms with van der Waals surface area (Å²) >= 11 is 0. The Balaban J connectivity index is 1.56. The molecule has 0 radical (unpaired) electrons. The zero-order valence-electron chi connectivity index (χ0n) is 17.7. The quantitative estimate of drug-likeness (QED) is 0.520. The number of anilines is 1. The predicted octanol–water partition coefficient (Wildman–Crippen LogP) is 4.37. The molecule has 2 amide bonds. The smallest absolute Gasteiger partial charge is 0.306 e. The number of urea groups is 1. The van der Waals surface area contributed by atoms with Gasteiger partial charge in [-0.25, -0.2) is 9.80 Å². The second kappa shape index (κ2) is 9.14. The van der Waals surface area contributed by atoms with Crippen molar-refractivity contribution < 1.29 is 9.59 Å². The Bertz CT molecular complexity index is 1070. The molecule has 0 bridgehead atoms. The van der Waals surface area contributed by atoms with Crippen LogP contribution in [0.15, 0.2) is 54.7 Å². The summed E-state index contributed by atoms with van der Waals surface area (Å²) in [6.45, 7) is 7.34. The number of nitrogens with zero attached hydrogens (tertiary/aromatic N) is 2. The maximum atomic E-state index is 13.4. The van der Waals surface area contributed by atoms with Gasteiger partial charge in [-0.2, -0.15) is 5.10 Å². The number of amides is 2. The zero-order valence-corrected chi connectivity index (χ0v) is 17.7. The maximum Gasteiger partial charge on any atom is 0.333 e. The van der Waals surface area contributed by atoms with Crippen LogP contribution in [0.3, 0.4) is 0 Å². The van der Waals surface area contributed by atoms with Gasteiger partial charge < -0.3 is 5.32 Å². The third-order valence-electron chi connectivity index (χ3n) is 5.68. The molecule has 160 valence electrons. The molecule has 0 saturated carbocycles. The number of hydrogen-bond acceptors (Lipinski definition) is 4. The van der Waals surface area contributed by atoms with Crippen LogP contribution in [-0.4, -0.2) is 40.1 Å². The summed E-state index contributed by atoms with van der Waals surface area (Å²) < 4.78 is 0. The van der Waals surface area contributed by atoms with E-state index in [1.165, 1.54) is 6.42 Å². The Kier molecular flexibility index (Phi) is 6.13. The highest BCUT2D eigenvalue weighted by Crippen LogP contribution is 2.40. The van der Waals surface area contributed by atoms with E-state index in [-0.39, 0.29) is 11.8 Å². The van der Waals surface area contributed by atoms with Crippen LogP contribution in [0.25, 0.3) is 11.3 Å². The fourth-order valence-electron chi connectivity index (χ4n) is 4.12. The highest BCUT2D eigenvalue weighted by molar-refractivity contribution is 6.25. The molecular weight excluding hydrogens is 390 g/mol. The summed E-state index contributed by atoms with van der Waals surface area (Å²) in [6, 6.07) is 5.12. The first-order chi connectivity index (χ1) is 15.1. The Morgan fingerprint density at radius 2 is 2.06 bits per heavy atom. The van der Waals surface area contributed by atoms with Gasteiger partial charge in [-0.3, -0.25) is 15.3 Å². The van der Waals surface area contributed by atoms with Crippen LogP contribution >= 0.6 is 0 Å². The number of H-pyrrole nitrogens is 1. The van der Waals surface area contributed by atoms with E-state index in [1.54, 1.807) is 12.1 Å². The van der Waals surface area contributed by atoms with Crippen molar-refractivity contribution >= 4 is 17.5 Å². The van der Waals surface area contributed by atoms with Crippen LogP contribution in [-0.2, 0) is 6.42 Å². The van der Waals surface area contributed by atoms with Crippen molar-refractivity contribution in [2.24, 2.45) is 0 Å². The van der Waals surface area contributed by atoms with Crippen LogP contribution in [0.1, 0.15) is 47.8 Å². The highest BCUT2D eigenvalue weighted by atomic mass is 16.2. The van der Waals surface area contributed by atoms with Crippen molar-refractivity contribution in [1.29, 1.82) is 0 Å². The summed E-state index contributed by atoms with van der Waals surface area (Å²) in [7, 11) is 0. The first kappa shape index (κ1) is 20.8. The molecule has 7 nitrogen and oxygen atoms in total. The average molecular weight is 418 g/mol. The van der Waals surface area contributed by atoms with E-state index in [2.05, 4.69) is 27.5 Å². The summed E-state index contributed by atoms with van der Waals surface area (Å²) in [4.78, 5) is 25.9. The minimum Gasteiger partial charge on any atom is -0.306 e. The van der Waals surface area contributed by atoms with E-state index in [4.69, 9.17) is 0 Å². The van der Waals surface area contributed by atoms with E-state index in [0.717, 1.165) is 42.8 Å². The molecule has 1 aromatic heterocycles. The lowest BCUT2D eigenvalue weighted by molar-refractivity contribution is 0.104. The monoisotopic (exact) mass is 417 g/mol. The third-order valence-corrected chi connectivity index (χ3v) is 5.68. The number of aromatic nitrogens is 2. The van der Waals surface area contributed by atoms with Crippen molar-refractivity contribution in [2.75, 3.05) is 18.4 Å². The molecule has 7 heteroatoms. The number of hydrazine groups is 1. The van der Waals surface area contributed by atoms with Crippen molar-refractivity contribution in [3.05, 3.63) is 71.5 Å². The molecular formula is C24H27N5O2. The predicted molar refractivity (Wildman–Crippen MR) is 122 cm³/mol. The number of benzene rings is 1. The SMILES string of the molecule is C=C/C=C\C(=C/C)Cc1[nH]nc2c1C(=O)c1c(NC(=O)NN3CCCCC3)cccc1-2. The van der Waals surface area contributed by atoms with Gasteiger partial charge in [0.15, 0.2) is 5.78 Å². The van der Waals surface area contributed by atoms with Gasteiger partial charge in [-0.05, 0) is 31.4 Å². The summed E-state index contributed by atoms with van der Waals surface area (Å²) in [5.41, 5.74) is 7.64. The molecule has 0 spiro atoms. The van der Waals surface area contributed by atoms with Crippen LogP contribution in [0.4, 0.5) is 10.5 Å². The summed E-state index contributed by atoms with van der Waals surface area (Å²) in [5, 5.41) is 12.2. The van der Waals surface area contributed by atoms with Gasteiger partial charge in [0, 0.05) is 25.1 Å².